The standard InChI is InChI=1S/C11H11O/c12-11-8-4-7-10(11)9-5-2-1-3-6-9/h2-3,5-6,10H,4,7-8H2. The van der Waals surface area contributed by atoms with Gasteiger partial charge in [-0.25, -0.2) is 0 Å². The maximum Gasteiger partial charge on any atom is 0.140 e. The first-order valence-corrected chi connectivity index (χ1v) is 4.36. The van der Waals surface area contributed by atoms with Crippen LogP contribution in [0.15, 0.2) is 24.3 Å². The Morgan fingerprint density at radius 2 is 2.08 bits per heavy atom. The molecule has 0 aromatic heterocycles. The highest BCUT2D eigenvalue weighted by molar-refractivity contribution is 5.87. The van der Waals surface area contributed by atoms with Crippen LogP contribution in [-0.2, 0) is 4.79 Å². The zero-order valence-electron chi connectivity index (χ0n) is 6.92. The van der Waals surface area contributed by atoms with Gasteiger partial charge < -0.3 is 0 Å². The Morgan fingerprint density at radius 3 is 2.67 bits per heavy atom. The fraction of sp³-hybridized carbons (Fsp3) is 0.364. The third-order valence-electron chi connectivity index (χ3n) is 2.45. The lowest BCUT2D eigenvalue weighted by Gasteiger charge is -2.06. The second kappa shape index (κ2) is 3.10. The van der Waals surface area contributed by atoms with Crippen molar-refractivity contribution in [1.82, 2.24) is 0 Å². The first-order chi connectivity index (χ1) is 5.88. The summed E-state index contributed by atoms with van der Waals surface area (Å²) >= 11 is 0. The summed E-state index contributed by atoms with van der Waals surface area (Å²) < 4.78 is 0. The lowest BCUT2D eigenvalue weighted by atomic mass is 9.97. The van der Waals surface area contributed by atoms with Crippen molar-refractivity contribution < 1.29 is 4.79 Å². The maximum atomic E-state index is 11.4. The Morgan fingerprint density at radius 1 is 1.33 bits per heavy atom. The number of hydrogen-bond donors (Lipinski definition) is 0. The molecule has 1 nitrogen and oxygen atoms in total. The highest BCUT2D eigenvalue weighted by Crippen LogP contribution is 2.30. The van der Waals surface area contributed by atoms with Gasteiger partial charge in [0.15, 0.2) is 0 Å². The predicted molar refractivity (Wildman–Crippen MR) is 46.9 cm³/mol. The molecule has 1 unspecified atom stereocenters. The molecule has 0 amide bonds. The molecule has 0 spiro atoms. The molecule has 61 valence electrons. The third-order valence-corrected chi connectivity index (χ3v) is 2.45. The molecule has 2 rings (SSSR count). The summed E-state index contributed by atoms with van der Waals surface area (Å²) in [6, 6.07) is 10.7. The van der Waals surface area contributed by atoms with Crippen LogP contribution in [0.4, 0.5) is 0 Å². The van der Waals surface area contributed by atoms with Crippen LogP contribution in [0.1, 0.15) is 30.7 Å². The van der Waals surface area contributed by atoms with E-state index in [9.17, 15) is 4.79 Å². The molecular formula is C11H11O. The quantitative estimate of drug-likeness (QED) is 0.614. The minimum Gasteiger partial charge on any atom is -0.299 e. The van der Waals surface area contributed by atoms with Gasteiger partial charge in [-0.2, -0.15) is 0 Å². The summed E-state index contributed by atoms with van der Waals surface area (Å²) in [4.78, 5) is 11.4. The van der Waals surface area contributed by atoms with Crippen LogP contribution in [0, 0.1) is 6.07 Å². The van der Waals surface area contributed by atoms with Gasteiger partial charge >= 0.3 is 0 Å². The van der Waals surface area contributed by atoms with E-state index in [-0.39, 0.29) is 5.92 Å². The molecule has 0 saturated heterocycles. The van der Waals surface area contributed by atoms with E-state index in [1.807, 2.05) is 24.3 Å². The van der Waals surface area contributed by atoms with E-state index in [0.29, 0.717) is 5.78 Å². The Kier molecular flexibility index (Phi) is 1.94. The Balaban J connectivity index is 2.25. The van der Waals surface area contributed by atoms with Crippen LogP contribution in [0.25, 0.3) is 0 Å². The van der Waals surface area contributed by atoms with E-state index in [1.165, 1.54) is 0 Å². The predicted octanol–water partition coefficient (Wildman–Crippen LogP) is 2.32. The van der Waals surface area contributed by atoms with Gasteiger partial charge in [0.25, 0.3) is 0 Å². The highest BCUT2D eigenvalue weighted by atomic mass is 16.1. The number of carbonyl (C=O) groups is 1. The lowest BCUT2D eigenvalue weighted by molar-refractivity contribution is -0.118. The number of benzene rings is 1. The summed E-state index contributed by atoms with van der Waals surface area (Å²) in [5.41, 5.74) is 1.16. The summed E-state index contributed by atoms with van der Waals surface area (Å²) in [6.45, 7) is 0. The second-order valence-corrected chi connectivity index (χ2v) is 3.24. The van der Waals surface area contributed by atoms with Gasteiger partial charge in [-0.3, -0.25) is 4.79 Å². The molecule has 12 heavy (non-hydrogen) atoms. The summed E-state index contributed by atoms with van der Waals surface area (Å²) in [5.74, 6) is 0.584. The molecule has 1 aliphatic carbocycles. The monoisotopic (exact) mass is 159 g/mol. The molecule has 1 heteroatoms. The Bertz CT molecular complexity index is 276. The molecule has 1 aromatic rings. The van der Waals surface area contributed by atoms with Gasteiger partial charge in [0.05, 0.1) is 0 Å². The van der Waals surface area contributed by atoms with E-state index in [0.717, 1.165) is 24.8 Å². The molecule has 1 aromatic carbocycles. The smallest absolute Gasteiger partial charge is 0.140 e. The van der Waals surface area contributed by atoms with E-state index in [1.54, 1.807) is 0 Å². The van der Waals surface area contributed by atoms with Gasteiger partial charge in [-0.1, -0.05) is 24.3 Å². The van der Waals surface area contributed by atoms with Crippen LogP contribution >= 0.6 is 0 Å². The van der Waals surface area contributed by atoms with Gasteiger partial charge in [-0.05, 0) is 24.5 Å². The van der Waals surface area contributed by atoms with Crippen molar-refractivity contribution in [3.05, 3.63) is 35.9 Å². The number of hydrogen-bond acceptors (Lipinski definition) is 1. The summed E-state index contributed by atoms with van der Waals surface area (Å²) in [6.07, 6.45) is 2.86. The van der Waals surface area contributed by atoms with Crippen molar-refractivity contribution in [2.45, 2.75) is 25.2 Å². The highest BCUT2D eigenvalue weighted by Gasteiger charge is 2.25. The topological polar surface area (TPSA) is 17.1 Å². The normalized spacial score (nSPS) is 23.0. The number of rotatable bonds is 1. The molecule has 1 radical (unpaired) electrons. The molecule has 0 bridgehead atoms. The van der Waals surface area contributed by atoms with Crippen LogP contribution < -0.4 is 0 Å². The molecule has 0 heterocycles. The number of carbonyl (C=O) groups excluding carboxylic acids is 1. The number of ketones is 1. The fourth-order valence-electron chi connectivity index (χ4n) is 1.80. The zero-order valence-corrected chi connectivity index (χ0v) is 6.92. The maximum absolute atomic E-state index is 11.4. The molecule has 1 aliphatic rings. The average Bonchev–Trinajstić information content (AvgIpc) is 2.53. The fourth-order valence-corrected chi connectivity index (χ4v) is 1.80. The summed E-state index contributed by atoms with van der Waals surface area (Å²) in [7, 11) is 0. The van der Waals surface area contributed by atoms with Crippen molar-refractivity contribution >= 4 is 5.78 Å². The first kappa shape index (κ1) is 7.53. The van der Waals surface area contributed by atoms with Crippen LogP contribution in [0.5, 0.6) is 0 Å². The first-order valence-electron chi connectivity index (χ1n) is 4.36. The molecule has 1 fully saturated rings. The van der Waals surface area contributed by atoms with Gasteiger partial charge in [0, 0.05) is 12.3 Å². The SMILES string of the molecule is O=C1CCCC1c1cc[c]cc1. The van der Waals surface area contributed by atoms with E-state index >= 15 is 0 Å². The molecule has 0 aliphatic heterocycles. The molecule has 1 saturated carbocycles. The van der Waals surface area contributed by atoms with E-state index in [2.05, 4.69) is 6.07 Å². The number of Topliss-reactive ketones (excluding diaryl/α,β-unsaturated/α-hetero) is 1. The van der Waals surface area contributed by atoms with Crippen molar-refractivity contribution in [2.24, 2.45) is 0 Å². The van der Waals surface area contributed by atoms with Crippen LogP contribution in [0.3, 0.4) is 0 Å². The van der Waals surface area contributed by atoms with Crippen LogP contribution in [-0.4, -0.2) is 5.78 Å². The largest absolute Gasteiger partial charge is 0.299 e. The minimum absolute atomic E-state index is 0.180. The molecule has 0 N–H and O–H groups in total. The minimum atomic E-state index is 0.180. The molecule has 1 atom stereocenters. The van der Waals surface area contributed by atoms with Crippen molar-refractivity contribution in [1.29, 1.82) is 0 Å². The lowest BCUT2D eigenvalue weighted by Crippen LogP contribution is -2.03. The average molecular weight is 159 g/mol. The zero-order chi connectivity index (χ0) is 8.39. The Labute approximate surface area is 72.4 Å². The van der Waals surface area contributed by atoms with E-state index < -0.39 is 0 Å². The summed E-state index contributed by atoms with van der Waals surface area (Å²) in [5, 5.41) is 0. The van der Waals surface area contributed by atoms with Gasteiger partial charge in [-0.15, -0.1) is 0 Å². The van der Waals surface area contributed by atoms with E-state index in [4.69, 9.17) is 0 Å². The van der Waals surface area contributed by atoms with Gasteiger partial charge in [0.1, 0.15) is 5.78 Å². The van der Waals surface area contributed by atoms with Crippen molar-refractivity contribution in [2.75, 3.05) is 0 Å². The molecular weight excluding hydrogens is 148 g/mol. The Hall–Kier alpha value is -1.11. The van der Waals surface area contributed by atoms with Crippen molar-refractivity contribution in [3.8, 4) is 0 Å². The van der Waals surface area contributed by atoms with Gasteiger partial charge in [0.2, 0.25) is 0 Å². The van der Waals surface area contributed by atoms with Crippen molar-refractivity contribution in [3.63, 3.8) is 0 Å². The van der Waals surface area contributed by atoms with Crippen LogP contribution in [0.2, 0.25) is 0 Å². The third kappa shape index (κ3) is 1.27. The second-order valence-electron chi connectivity index (χ2n) is 3.24.